The summed E-state index contributed by atoms with van der Waals surface area (Å²) >= 11 is 0. The van der Waals surface area contributed by atoms with Crippen molar-refractivity contribution in [3.8, 4) is 16.9 Å². The Morgan fingerprint density at radius 2 is 1.66 bits per heavy atom. The topological polar surface area (TPSA) is 71.3 Å². The Balaban J connectivity index is 1.42. The normalized spacial score (nSPS) is 15.9. The van der Waals surface area contributed by atoms with E-state index in [1.54, 1.807) is 12.4 Å². The van der Waals surface area contributed by atoms with Crippen LogP contribution >= 0.6 is 0 Å². The first-order valence-corrected chi connectivity index (χ1v) is 13.8. The highest BCUT2D eigenvalue weighted by atomic mass is 32.2. The van der Waals surface area contributed by atoms with Crippen molar-refractivity contribution in [2.45, 2.75) is 12.8 Å². The maximum Gasteiger partial charge on any atom is 0.152 e. The third-order valence-corrected chi connectivity index (χ3v) is 8.32. The van der Waals surface area contributed by atoms with E-state index in [4.69, 9.17) is 4.98 Å². The quantitative estimate of drug-likeness (QED) is 0.393. The van der Waals surface area contributed by atoms with Gasteiger partial charge >= 0.3 is 0 Å². The highest BCUT2D eigenvalue weighted by Gasteiger charge is 2.21. The van der Waals surface area contributed by atoms with E-state index in [2.05, 4.69) is 61.9 Å². The van der Waals surface area contributed by atoms with Crippen LogP contribution in [-0.2, 0) is 16.3 Å². The molecule has 5 rings (SSSR count). The van der Waals surface area contributed by atoms with Crippen molar-refractivity contribution in [1.82, 2.24) is 19.4 Å². The molecule has 0 amide bonds. The fraction of sp³-hybridized carbons (Fsp3) is 0.333. The van der Waals surface area contributed by atoms with E-state index >= 15 is 0 Å². The van der Waals surface area contributed by atoms with Crippen molar-refractivity contribution in [3.05, 3.63) is 72.7 Å². The van der Waals surface area contributed by atoms with Gasteiger partial charge in [-0.1, -0.05) is 12.1 Å². The molecule has 1 aliphatic heterocycles. The molecule has 0 bridgehead atoms. The molecular formula is C27H31N5O2S. The fourth-order valence-electron chi connectivity index (χ4n) is 4.63. The van der Waals surface area contributed by atoms with Crippen LogP contribution in [-0.4, -0.2) is 73.1 Å². The number of hydrogen-bond donors (Lipinski definition) is 0. The van der Waals surface area contributed by atoms with Gasteiger partial charge < -0.3 is 14.4 Å². The van der Waals surface area contributed by atoms with Crippen LogP contribution < -0.4 is 4.90 Å². The number of aromatic nitrogens is 3. The van der Waals surface area contributed by atoms with Crippen molar-refractivity contribution < 1.29 is 8.42 Å². The van der Waals surface area contributed by atoms with Crippen LogP contribution in [0.1, 0.15) is 12.0 Å². The van der Waals surface area contributed by atoms with Crippen LogP contribution in [0.4, 0.5) is 5.69 Å². The van der Waals surface area contributed by atoms with E-state index in [1.807, 2.05) is 26.2 Å². The number of pyridine rings is 2. The molecule has 0 unspecified atom stereocenters. The van der Waals surface area contributed by atoms with Gasteiger partial charge in [-0.05, 0) is 61.3 Å². The molecule has 7 nitrogen and oxygen atoms in total. The summed E-state index contributed by atoms with van der Waals surface area (Å²) in [6, 6.07) is 16.7. The van der Waals surface area contributed by atoms with Gasteiger partial charge in [0.2, 0.25) is 0 Å². The van der Waals surface area contributed by atoms with Gasteiger partial charge in [-0.25, -0.2) is 13.4 Å². The van der Waals surface area contributed by atoms with Crippen LogP contribution in [0.3, 0.4) is 0 Å². The van der Waals surface area contributed by atoms with Crippen molar-refractivity contribution in [1.29, 1.82) is 0 Å². The molecule has 0 saturated carbocycles. The average molecular weight is 490 g/mol. The van der Waals surface area contributed by atoms with Crippen molar-refractivity contribution in [3.63, 3.8) is 0 Å². The van der Waals surface area contributed by atoms with Crippen LogP contribution in [0.5, 0.6) is 0 Å². The summed E-state index contributed by atoms with van der Waals surface area (Å²) in [5.74, 6) is 0.549. The van der Waals surface area contributed by atoms with Crippen LogP contribution in [0.2, 0.25) is 0 Å². The number of nitrogens with zero attached hydrogens (tertiary/aromatic N) is 5. The molecule has 4 heterocycles. The third kappa shape index (κ3) is 5.23. The summed E-state index contributed by atoms with van der Waals surface area (Å²) in [5.41, 5.74) is 6.40. The molecule has 182 valence electrons. The van der Waals surface area contributed by atoms with Gasteiger partial charge in [0, 0.05) is 62.4 Å². The minimum Gasteiger partial charge on any atom is -0.378 e. The number of sulfone groups is 1. The summed E-state index contributed by atoms with van der Waals surface area (Å²) in [6.45, 7) is 2.18. The van der Waals surface area contributed by atoms with Crippen molar-refractivity contribution in [2.24, 2.45) is 0 Å². The van der Waals surface area contributed by atoms with Crippen LogP contribution in [0.15, 0.2) is 67.1 Å². The SMILES string of the molecule is CN(C)c1ccc(-c2ccc3c(CCCN4CCS(=O)(=O)CC4)cn(-c4ccncc4)c3n2)cc1. The highest BCUT2D eigenvalue weighted by molar-refractivity contribution is 7.91. The fourth-order valence-corrected chi connectivity index (χ4v) is 5.90. The molecule has 35 heavy (non-hydrogen) atoms. The first-order chi connectivity index (χ1) is 16.9. The standard InChI is InChI=1S/C27H31N5O2S/c1-30(2)23-7-5-21(6-8-23)26-10-9-25-22(4-3-15-31-16-18-35(33,34)19-17-31)20-32(27(25)29-26)24-11-13-28-14-12-24/h5-14,20H,3-4,15-19H2,1-2H3. The zero-order chi connectivity index (χ0) is 24.4. The largest absolute Gasteiger partial charge is 0.378 e. The Morgan fingerprint density at radius 3 is 2.34 bits per heavy atom. The molecule has 0 spiro atoms. The first kappa shape index (κ1) is 23.5. The van der Waals surface area contributed by atoms with E-state index in [1.165, 1.54) is 5.56 Å². The predicted octanol–water partition coefficient (Wildman–Crippen LogP) is 3.82. The highest BCUT2D eigenvalue weighted by Crippen LogP contribution is 2.29. The summed E-state index contributed by atoms with van der Waals surface area (Å²) in [4.78, 5) is 13.6. The van der Waals surface area contributed by atoms with E-state index in [0.29, 0.717) is 13.1 Å². The van der Waals surface area contributed by atoms with E-state index in [-0.39, 0.29) is 11.5 Å². The zero-order valence-corrected chi connectivity index (χ0v) is 21.1. The zero-order valence-electron chi connectivity index (χ0n) is 20.3. The Kier molecular flexibility index (Phi) is 6.58. The summed E-state index contributed by atoms with van der Waals surface area (Å²) in [5, 5.41) is 1.15. The number of anilines is 1. The summed E-state index contributed by atoms with van der Waals surface area (Å²) in [7, 11) is 1.23. The van der Waals surface area contributed by atoms with E-state index in [0.717, 1.165) is 53.1 Å². The number of hydrogen-bond acceptors (Lipinski definition) is 6. The lowest BCUT2D eigenvalue weighted by Gasteiger charge is -2.26. The van der Waals surface area contributed by atoms with E-state index in [9.17, 15) is 8.42 Å². The Labute approximate surface area is 207 Å². The monoisotopic (exact) mass is 489 g/mol. The molecule has 0 N–H and O–H groups in total. The third-order valence-electron chi connectivity index (χ3n) is 6.71. The Morgan fingerprint density at radius 1 is 0.943 bits per heavy atom. The van der Waals surface area contributed by atoms with Gasteiger partial charge in [0.25, 0.3) is 0 Å². The maximum absolute atomic E-state index is 11.7. The predicted molar refractivity (Wildman–Crippen MR) is 142 cm³/mol. The van der Waals surface area contributed by atoms with Gasteiger partial charge in [0.05, 0.1) is 22.9 Å². The number of aryl methyl sites for hydroxylation is 1. The van der Waals surface area contributed by atoms with Gasteiger partial charge in [-0.3, -0.25) is 4.98 Å². The lowest BCUT2D eigenvalue weighted by Crippen LogP contribution is -2.40. The molecule has 3 aromatic heterocycles. The molecule has 0 radical (unpaired) electrons. The Hall–Kier alpha value is -3.23. The van der Waals surface area contributed by atoms with Crippen molar-refractivity contribution >= 4 is 26.6 Å². The first-order valence-electron chi connectivity index (χ1n) is 12.0. The molecule has 1 aromatic carbocycles. The van der Waals surface area contributed by atoms with Gasteiger partial charge in [-0.2, -0.15) is 0 Å². The summed E-state index contributed by atoms with van der Waals surface area (Å²) < 4.78 is 25.6. The minimum atomic E-state index is -2.84. The number of fused-ring (bicyclic) bond motifs is 1. The lowest BCUT2D eigenvalue weighted by molar-refractivity contribution is 0.292. The van der Waals surface area contributed by atoms with Crippen LogP contribution in [0.25, 0.3) is 28.0 Å². The maximum atomic E-state index is 11.7. The number of benzene rings is 1. The molecular weight excluding hydrogens is 458 g/mol. The molecule has 1 fully saturated rings. The second kappa shape index (κ2) is 9.79. The van der Waals surface area contributed by atoms with Gasteiger partial charge in [0.1, 0.15) is 5.65 Å². The molecule has 1 aliphatic rings. The molecule has 4 aromatic rings. The molecule has 1 saturated heterocycles. The second-order valence-electron chi connectivity index (χ2n) is 9.34. The smallest absolute Gasteiger partial charge is 0.152 e. The number of rotatable bonds is 7. The summed E-state index contributed by atoms with van der Waals surface area (Å²) in [6.07, 6.45) is 7.68. The van der Waals surface area contributed by atoms with Gasteiger partial charge in [0.15, 0.2) is 9.84 Å². The second-order valence-corrected chi connectivity index (χ2v) is 11.6. The average Bonchev–Trinajstić information content (AvgIpc) is 3.23. The Bertz CT molecular complexity index is 1400. The van der Waals surface area contributed by atoms with Crippen LogP contribution in [0, 0.1) is 0 Å². The van der Waals surface area contributed by atoms with Gasteiger partial charge in [-0.15, -0.1) is 0 Å². The minimum absolute atomic E-state index is 0.274. The lowest BCUT2D eigenvalue weighted by atomic mass is 10.1. The molecule has 0 atom stereocenters. The molecule has 8 heteroatoms. The van der Waals surface area contributed by atoms with Crippen molar-refractivity contribution in [2.75, 3.05) is 50.1 Å². The van der Waals surface area contributed by atoms with E-state index < -0.39 is 9.84 Å². The molecule has 0 aliphatic carbocycles.